The second-order valence-electron chi connectivity index (χ2n) is 4.53. The molecule has 3 atom stereocenters. The molecule has 2 rings (SSSR count). The van der Waals surface area contributed by atoms with Crippen LogP contribution in [0, 0.1) is 17.8 Å². The molecule has 70 valence electrons. The van der Waals surface area contributed by atoms with E-state index in [4.69, 9.17) is 0 Å². The molecule has 1 heterocycles. The number of rotatable bonds is 3. The molecule has 2 fully saturated rings. The van der Waals surface area contributed by atoms with Gasteiger partial charge in [0.15, 0.2) is 0 Å². The van der Waals surface area contributed by atoms with Crippen molar-refractivity contribution in [2.45, 2.75) is 12.8 Å². The van der Waals surface area contributed by atoms with Gasteiger partial charge in [-0.15, -0.1) is 0 Å². The summed E-state index contributed by atoms with van der Waals surface area (Å²) in [5, 5.41) is 3.28. The smallest absolute Gasteiger partial charge is 0.000985 e. The highest BCUT2D eigenvalue weighted by Gasteiger charge is 2.43. The lowest BCUT2D eigenvalue weighted by molar-refractivity contribution is 0.373. The summed E-state index contributed by atoms with van der Waals surface area (Å²) < 4.78 is 0. The molecule has 0 radical (unpaired) electrons. The van der Waals surface area contributed by atoms with Crippen LogP contribution in [-0.2, 0) is 0 Å². The van der Waals surface area contributed by atoms with Crippen molar-refractivity contribution >= 4 is 0 Å². The largest absolute Gasteiger partial charge is 0.319 e. The van der Waals surface area contributed by atoms with E-state index < -0.39 is 0 Å². The molecular weight excluding hydrogens is 148 g/mol. The second-order valence-corrected chi connectivity index (χ2v) is 4.53. The molecule has 0 aromatic rings. The topological polar surface area (TPSA) is 15.3 Å². The van der Waals surface area contributed by atoms with E-state index in [1.165, 1.54) is 32.5 Å². The molecule has 2 nitrogen and oxygen atoms in total. The first-order valence-corrected chi connectivity index (χ1v) is 5.14. The average Bonchev–Trinajstić information content (AvgIpc) is 2.67. The lowest BCUT2D eigenvalue weighted by Gasteiger charge is -2.09. The van der Waals surface area contributed by atoms with E-state index in [-0.39, 0.29) is 0 Å². The highest BCUT2D eigenvalue weighted by Crippen LogP contribution is 2.46. The van der Waals surface area contributed by atoms with E-state index in [9.17, 15) is 0 Å². The van der Waals surface area contributed by atoms with E-state index in [2.05, 4.69) is 24.3 Å². The molecule has 0 bridgehead atoms. The van der Waals surface area contributed by atoms with Crippen molar-refractivity contribution in [2.24, 2.45) is 17.8 Å². The number of nitrogens with one attached hydrogen (secondary N) is 1. The van der Waals surface area contributed by atoms with Crippen LogP contribution >= 0.6 is 0 Å². The molecule has 3 unspecified atom stereocenters. The summed E-state index contributed by atoms with van der Waals surface area (Å²) in [6.45, 7) is 3.92. The summed E-state index contributed by atoms with van der Waals surface area (Å²) in [4.78, 5) is 2.47. The van der Waals surface area contributed by atoms with Gasteiger partial charge in [-0.1, -0.05) is 0 Å². The Morgan fingerprint density at radius 2 is 2.33 bits per heavy atom. The van der Waals surface area contributed by atoms with Crippen molar-refractivity contribution in [3.63, 3.8) is 0 Å². The predicted octanol–water partition coefficient (Wildman–Crippen LogP) is 0.794. The summed E-state index contributed by atoms with van der Waals surface area (Å²) in [5.74, 6) is 3.09. The second kappa shape index (κ2) is 3.35. The van der Waals surface area contributed by atoms with Crippen molar-refractivity contribution in [1.29, 1.82) is 0 Å². The van der Waals surface area contributed by atoms with Crippen LogP contribution in [0.5, 0.6) is 0 Å². The maximum Gasteiger partial charge on any atom is 0.000985 e. The van der Waals surface area contributed by atoms with Gasteiger partial charge in [-0.05, 0) is 57.8 Å². The normalized spacial score (nSPS) is 42.0. The molecule has 2 aliphatic rings. The molecule has 2 heteroatoms. The zero-order valence-corrected chi connectivity index (χ0v) is 8.21. The van der Waals surface area contributed by atoms with Gasteiger partial charge >= 0.3 is 0 Å². The van der Waals surface area contributed by atoms with Gasteiger partial charge < -0.3 is 10.2 Å². The van der Waals surface area contributed by atoms with Gasteiger partial charge in [0.1, 0.15) is 0 Å². The minimum atomic E-state index is 1.01. The summed E-state index contributed by atoms with van der Waals surface area (Å²) >= 11 is 0. The van der Waals surface area contributed by atoms with Gasteiger partial charge in [0.2, 0.25) is 0 Å². The van der Waals surface area contributed by atoms with Crippen LogP contribution in [0.1, 0.15) is 12.8 Å². The van der Waals surface area contributed by atoms with Crippen molar-refractivity contribution in [3.8, 4) is 0 Å². The van der Waals surface area contributed by atoms with E-state index in [0.717, 1.165) is 17.8 Å². The van der Waals surface area contributed by atoms with Crippen LogP contribution in [0.2, 0.25) is 0 Å². The third-order valence-electron chi connectivity index (χ3n) is 3.48. The maximum atomic E-state index is 3.28. The number of hydrogen-bond donors (Lipinski definition) is 1. The summed E-state index contributed by atoms with van der Waals surface area (Å²) in [6.07, 6.45) is 2.93. The zero-order chi connectivity index (χ0) is 8.55. The number of likely N-dealkylation sites (tertiary alicyclic amines) is 1. The summed E-state index contributed by atoms with van der Waals surface area (Å²) in [5.41, 5.74) is 0. The molecule has 0 spiro atoms. The SMILES string of the molecule is CNCC1CC1C1CCN(C)C1. The Balaban J connectivity index is 1.74. The fraction of sp³-hybridized carbons (Fsp3) is 1.00. The molecule has 0 aromatic heterocycles. The third kappa shape index (κ3) is 1.64. The van der Waals surface area contributed by atoms with Crippen LogP contribution in [0.3, 0.4) is 0 Å². The van der Waals surface area contributed by atoms with Gasteiger partial charge in [-0.2, -0.15) is 0 Å². The predicted molar refractivity (Wildman–Crippen MR) is 51.1 cm³/mol. The van der Waals surface area contributed by atoms with Gasteiger partial charge in [-0.3, -0.25) is 0 Å². The van der Waals surface area contributed by atoms with E-state index in [0.29, 0.717) is 0 Å². The van der Waals surface area contributed by atoms with Crippen LogP contribution in [0.15, 0.2) is 0 Å². The lowest BCUT2D eigenvalue weighted by Crippen LogP contribution is -2.17. The van der Waals surface area contributed by atoms with E-state index in [1.807, 2.05) is 0 Å². The Labute approximate surface area is 75.3 Å². The van der Waals surface area contributed by atoms with Crippen molar-refractivity contribution < 1.29 is 0 Å². The fourth-order valence-corrected chi connectivity index (χ4v) is 2.66. The Hall–Kier alpha value is -0.0800. The molecule has 1 saturated carbocycles. The summed E-state index contributed by atoms with van der Waals surface area (Å²) in [6, 6.07) is 0. The Morgan fingerprint density at radius 1 is 1.50 bits per heavy atom. The van der Waals surface area contributed by atoms with Crippen molar-refractivity contribution in [1.82, 2.24) is 10.2 Å². The maximum absolute atomic E-state index is 3.28. The minimum Gasteiger partial charge on any atom is -0.319 e. The molecule has 1 aliphatic heterocycles. The van der Waals surface area contributed by atoms with Gasteiger partial charge in [0, 0.05) is 6.54 Å². The molecule has 0 aromatic carbocycles. The average molecular weight is 168 g/mol. The molecule has 1 saturated heterocycles. The first-order valence-electron chi connectivity index (χ1n) is 5.14. The lowest BCUT2D eigenvalue weighted by atomic mass is 10.0. The van der Waals surface area contributed by atoms with Crippen LogP contribution in [0.4, 0.5) is 0 Å². The molecule has 0 amide bonds. The molecule has 12 heavy (non-hydrogen) atoms. The number of hydrogen-bond acceptors (Lipinski definition) is 2. The highest BCUT2D eigenvalue weighted by atomic mass is 15.1. The monoisotopic (exact) mass is 168 g/mol. The molecule has 1 N–H and O–H groups in total. The first kappa shape index (κ1) is 8.52. The molecular formula is C10H20N2. The fourth-order valence-electron chi connectivity index (χ4n) is 2.66. The van der Waals surface area contributed by atoms with Crippen LogP contribution in [-0.4, -0.2) is 38.6 Å². The number of nitrogens with zero attached hydrogens (tertiary/aromatic N) is 1. The minimum absolute atomic E-state index is 1.01. The van der Waals surface area contributed by atoms with Gasteiger partial charge in [0.25, 0.3) is 0 Å². The Morgan fingerprint density at radius 3 is 2.92 bits per heavy atom. The third-order valence-corrected chi connectivity index (χ3v) is 3.48. The van der Waals surface area contributed by atoms with E-state index >= 15 is 0 Å². The Kier molecular flexibility index (Phi) is 2.37. The summed E-state index contributed by atoms with van der Waals surface area (Å²) in [7, 11) is 4.31. The van der Waals surface area contributed by atoms with Gasteiger partial charge in [-0.25, -0.2) is 0 Å². The van der Waals surface area contributed by atoms with Crippen molar-refractivity contribution in [3.05, 3.63) is 0 Å². The van der Waals surface area contributed by atoms with Crippen LogP contribution in [0.25, 0.3) is 0 Å². The van der Waals surface area contributed by atoms with Crippen LogP contribution < -0.4 is 5.32 Å². The Bertz CT molecular complexity index is 158. The zero-order valence-electron chi connectivity index (χ0n) is 8.21. The van der Waals surface area contributed by atoms with Crippen molar-refractivity contribution in [2.75, 3.05) is 33.7 Å². The standard InChI is InChI=1S/C10H20N2/c1-11-6-9-5-10(9)8-3-4-12(2)7-8/h8-11H,3-7H2,1-2H3. The highest BCUT2D eigenvalue weighted by molar-refractivity contribution is 4.95. The van der Waals surface area contributed by atoms with E-state index in [1.54, 1.807) is 0 Å². The van der Waals surface area contributed by atoms with Gasteiger partial charge in [0.05, 0.1) is 0 Å². The quantitative estimate of drug-likeness (QED) is 0.670. The molecule has 1 aliphatic carbocycles. The first-order chi connectivity index (χ1) is 5.81.